The van der Waals surface area contributed by atoms with E-state index >= 15 is 0 Å². The lowest BCUT2D eigenvalue weighted by Crippen LogP contribution is -2.09. The average molecular weight is 261 g/mol. The van der Waals surface area contributed by atoms with Gasteiger partial charge in [0.25, 0.3) is 0 Å². The molecule has 76 valence electrons. The van der Waals surface area contributed by atoms with E-state index in [0.29, 0.717) is 11.1 Å². The summed E-state index contributed by atoms with van der Waals surface area (Å²) in [6.07, 6.45) is 1.44. The molecule has 0 unspecified atom stereocenters. The number of nitrogens with zero attached hydrogens (tertiary/aromatic N) is 2. The molecule has 14 heavy (non-hydrogen) atoms. The largest absolute Gasteiger partial charge is 0.467 e. The maximum atomic E-state index is 11.3. The molecule has 1 rings (SSSR count). The molecule has 1 aromatic rings. The molecule has 0 spiro atoms. The topological polar surface area (TPSA) is 61.3 Å². The van der Waals surface area contributed by atoms with Crippen LogP contribution in [0.5, 0.6) is 6.01 Å². The Balaban J connectivity index is 2.99. The number of ether oxygens (including phenoxy) is 2. The second-order valence-electron chi connectivity index (χ2n) is 2.27. The molecule has 0 amide bonds. The Labute approximate surface area is 89.6 Å². The molecule has 0 saturated heterocycles. The van der Waals surface area contributed by atoms with Gasteiger partial charge in [-0.3, -0.25) is 0 Å². The summed E-state index contributed by atoms with van der Waals surface area (Å²) in [5, 5.41) is 0. The van der Waals surface area contributed by atoms with Gasteiger partial charge in [-0.25, -0.2) is 9.78 Å². The van der Waals surface area contributed by atoms with Crippen LogP contribution in [0.2, 0.25) is 0 Å². The van der Waals surface area contributed by atoms with E-state index < -0.39 is 5.97 Å². The highest BCUT2D eigenvalue weighted by Gasteiger charge is 2.14. The lowest BCUT2D eigenvalue weighted by atomic mass is 10.4. The van der Waals surface area contributed by atoms with E-state index in [-0.39, 0.29) is 11.7 Å². The molecule has 0 aliphatic carbocycles. The predicted octanol–water partition coefficient (Wildman–Crippen LogP) is 1.42. The summed E-state index contributed by atoms with van der Waals surface area (Å²) >= 11 is 3.15. The quantitative estimate of drug-likeness (QED) is 0.770. The van der Waals surface area contributed by atoms with Gasteiger partial charge in [0.15, 0.2) is 5.69 Å². The molecule has 0 fully saturated rings. The Morgan fingerprint density at radius 2 is 2.36 bits per heavy atom. The van der Waals surface area contributed by atoms with Crippen LogP contribution in [0.1, 0.15) is 17.4 Å². The Hall–Kier alpha value is -1.17. The standard InChI is InChI=1S/C8H9BrN2O3/c1-3-14-7(12)6-5(9)4-10-8(11-6)13-2/h4H,3H2,1-2H3. The molecule has 0 N–H and O–H groups in total. The summed E-state index contributed by atoms with van der Waals surface area (Å²) < 4.78 is 10.1. The fourth-order valence-electron chi connectivity index (χ4n) is 0.792. The molecule has 1 heterocycles. The van der Waals surface area contributed by atoms with E-state index in [1.165, 1.54) is 13.3 Å². The molecule has 0 aliphatic rings. The summed E-state index contributed by atoms with van der Waals surface area (Å²) in [4.78, 5) is 19.0. The number of hydrogen-bond donors (Lipinski definition) is 0. The van der Waals surface area contributed by atoms with Crippen molar-refractivity contribution in [2.75, 3.05) is 13.7 Å². The number of rotatable bonds is 3. The zero-order chi connectivity index (χ0) is 10.6. The van der Waals surface area contributed by atoms with E-state index in [4.69, 9.17) is 9.47 Å². The summed E-state index contributed by atoms with van der Waals surface area (Å²) in [6.45, 7) is 2.03. The van der Waals surface area contributed by atoms with Crippen LogP contribution in [-0.2, 0) is 4.74 Å². The second-order valence-corrected chi connectivity index (χ2v) is 3.13. The van der Waals surface area contributed by atoms with Crippen LogP contribution < -0.4 is 4.74 Å². The van der Waals surface area contributed by atoms with Crippen molar-refractivity contribution in [3.05, 3.63) is 16.4 Å². The van der Waals surface area contributed by atoms with Crippen LogP contribution in [0.3, 0.4) is 0 Å². The average Bonchev–Trinajstić information content (AvgIpc) is 2.19. The molecular weight excluding hydrogens is 252 g/mol. The molecule has 0 atom stereocenters. The molecular formula is C8H9BrN2O3. The number of halogens is 1. The van der Waals surface area contributed by atoms with Crippen LogP contribution in [0.25, 0.3) is 0 Å². The third-order valence-electron chi connectivity index (χ3n) is 1.37. The van der Waals surface area contributed by atoms with E-state index in [1.807, 2.05) is 0 Å². The van der Waals surface area contributed by atoms with Gasteiger partial charge in [-0.05, 0) is 22.9 Å². The zero-order valence-electron chi connectivity index (χ0n) is 7.78. The first-order valence-corrected chi connectivity index (χ1v) is 4.72. The molecule has 1 aromatic heterocycles. The smallest absolute Gasteiger partial charge is 0.358 e. The van der Waals surface area contributed by atoms with Gasteiger partial charge in [-0.1, -0.05) is 0 Å². The number of carbonyl (C=O) groups excluding carboxylic acids is 1. The maximum absolute atomic E-state index is 11.3. The lowest BCUT2D eigenvalue weighted by Gasteiger charge is -2.04. The lowest BCUT2D eigenvalue weighted by molar-refractivity contribution is 0.0517. The van der Waals surface area contributed by atoms with E-state index in [0.717, 1.165) is 0 Å². The Bertz CT molecular complexity index is 343. The number of methoxy groups -OCH3 is 1. The van der Waals surface area contributed by atoms with Crippen molar-refractivity contribution in [3.63, 3.8) is 0 Å². The number of esters is 1. The van der Waals surface area contributed by atoms with E-state index in [2.05, 4.69) is 25.9 Å². The normalized spacial score (nSPS) is 9.64. The molecule has 0 radical (unpaired) electrons. The van der Waals surface area contributed by atoms with Gasteiger partial charge in [0.05, 0.1) is 18.2 Å². The monoisotopic (exact) mass is 260 g/mol. The third kappa shape index (κ3) is 2.41. The molecule has 6 heteroatoms. The van der Waals surface area contributed by atoms with Crippen LogP contribution in [0.4, 0.5) is 0 Å². The summed E-state index contributed by atoms with van der Waals surface area (Å²) in [6, 6.07) is 0.135. The van der Waals surface area contributed by atoms with Gasteiger partial charge >= 0.3 is 12.0 Å². The van der Waals surface area contributed by atoms with Crippen molar-refractivity contribution in [2.24, 2.45) is 0 Å². The highest BCUT2D eigenvalue weighted by Crippen LogP contribution is 2.16. The van der Waals surface area contributed by atoms with Crippen molar-refractivity contribution in [2.45, 2.75) is 6.92 Å². The van der Waals surface area contributed by atoms with Crippen LogP contribution in [0.15, 0.2) is 10.7 Å². The SMILES string of the molecule is CCOC(=O)c1nc(OC)ncc1Br. The fraction of sp³-hybridized carbons (Fsp3) is 0.375. The third-order valence-corrected chi connectivity index (χ3v) is 1.95. The minimum Gasteiger partial charge on any atom is -0.467 e. The first-order valence-electron chi connectivity index (χ1n) is 3.92. The highest BCUT2D eigenvalue weighted by molar-refractivity contribution is 9.10. The number of aromatic nitrogens is 2. The first-order chi connectivity index (χ1) is 6.69. The Kier molecular flexibility index (Phi) is 3.82. The maximum Gasteiger partial charge on any atom is 0.358 e. The fourth-order valence-corrected chi connectivity index (χ4v) is 1.14. The Morgan fingerprint density at radius 3 is 2.93 bits per heavy atom. The van der Waals surface area contributed by atoms with Crippen LogP contribution in [-0.4, -0.2) is 29.7 Å². The molecule has 5 nitrogen and oxygen atoms in total. The molecule has 0 saturated carbocycles. The van der Waals surface area contributed by atoms with Gasteiger partial charge in [-0.15, -0.1) is 0 Å². The second kappa shape index (κ2) is 4.90. The minimum absolute atomic E-state index is 0.135. The van der Waals surface area contributed by atoms with Crippen molar-refractivity contribution in [3.8, 4) is 6.01 Å². The van der Waals surface area contributed by atoms with Crippen molar-refractivity contribution >= 4 is 21.9 Å². The molecule has 0 aromatic carbocycles. The van der Waals surface area contributed by atoms with E-state index in [1.54, 1.807) is 6.92 Å². The number of hydrogen-bond acceptors (Lipinski definition) is 5. The Morgan fingerprint density at radius 1 is 1.64 bits per heavy atom. The van der Waals surface area contributed by atoms with Gasteiger partial charge in [0.1, 0.15) is 0 Å². The zero-order valence-corrected chi connectivity index (χ0v) is 9.37. The highest BCUT2D eigenvalue weighted by atomic mass is 79.9. The first kappa shape index (κ1) is 10.9. The van der Waals surface area contributed by atoms with Crippen molar-refractivity contribution in [1.29, 1.82) is 0 Å². The van der Waals surface area contributed by atoms with Crippen LogP contribution in [0, 0.1) is 0 Å². The van der Waals surface area contributed by atoms with Crippen LogP contribution >= 0.6 is 15.9 Å². The van der Waals surface area contributed by atoms with Gasteiger partial charge < -0.3 is 9.47 Å². The summed E-state index contributed by atoms with van der Waals surface area (Å²) in [7, 11) is 1.43. The van der Waals surface area contributed by atoms with Gasteiger partial charge in [0.2, 0.25) is 0 Å². The predicted molar refractivity (Wildman–Crippen MR) is 52.2 cm³/mol. The summed E-state index contributed by atoms with van der Waals surface area (Å²) in [5.74, 6) is -0.500. The molecule has 0 bridgehead atoms. The van der Waals surface area contributed by atoms with E-state index in [9.17, 15) is 4.79 Å². The van der Waals surface area contributed by atoms with Crippen molar-refractivity contribution in [1.82, 2.24) is 9.97 Å². The molecule has 0 aliphatic heterocycles. The van der Waals surface area contributed by atoms with Gasteiger partial charge in [-0.2, -0.15) is 4.98 Å². The number of carbonyl (C=O) groups is 1. The van der Waals surface area contributed by atoms with Gasteiger partial charge in [0, 0.05) is 6.20 Å². The van der Waals surface area contributed by atoms with Crippen molar-refractivity contribution < 1.29 is 14.3 Å². The minimum atomic E-state index is -0.500. The summed E-state index contributed by atoms with van der Waals surface area (Å²) in [5.41, 5.74) is 0.165.